The second-order valence-electron chi connectivity index (χ2n) is 7.50. The van der Waals surface area contributed by atoms with E-state index in [1.807, 2.05) is 67.6 Å². The second kappa shape index (κ2) is 13.3. The lowest BCUT2D eigenvalue weighted by atomic mass is 10.0. The number of aryl methyl sites for hydroxylation is 1. The van der Waals surface area contributed by atoms with Crippen molar-refractivity contribution < 1.29 is 22.5 Å². The van der Waals surface area contributed by atoms with Gasteiger partial charge in [0.2, 0.25) is 0 Å². The molecule has 1 atom stereocenters. The minimum atomic E-state index is -4.02. The van der Waals surface area contributed by atoms with Crippen LogP contribution < -0.4 is 5.73 Å². The van der Waals surface area contributed by atoms with Crippen LogP contribution in [-0.4, -0.2) is 25.5 Å². The number of hydrogen-bond acceptors (Lipinski definition) is 5. The molecule has 7 heteroatoms. The standard InChI is InChI=1S/C20H21NO2.C7H8O3S/c1-2-3-10-18(15-21)20(22)23-19(16-11-6-4-7-12-16)17-13-8-5-9-14-17;1-6-2-4-7(5-3-6)11(8,9)10/h3-9,11-14,18-19H,1,10,15,21H2;2-5H,1H3,(H,8,9,10)/t18-;/m1./s1. The van der Waals surface area contributed by atoms with Crippen molar-refractivity contribution in [3.05, 3.63) is 120 Å². The summed E-state index contributed by atoms with van der Waals surface area (Å²) in [7, 11) is -4.02. The monoisotopic (exact) mass is 479 g/mol. The Balaban J connectivity index is 0.000000310. The number of benzene rings is 3. The zero-order chi connectivity index (χ0) is 25.0. The molecule has 34 heavy (non-hydrogen) atoms. The molecule has 6 nitrogen and oxygen atoms in total. The Morgan fingerprint density at radius 2 is 1.50 bits per heavy atom. The zero-order valence-electron chi connectivity index (χ0n) is 19.0. The Bertz CT molecular complexity index is 1150. The van der Waals surface area contributed by atoms with E-state index in [0.29, 0.717) is 6.42 Å². The third-order valence-electron chi connectivity index (χ3n) is 4.92. The summed E-state index contributed by atoms with van der Waals surface area (Å²) in [6.07, 6.45) is 1.75. The molecule has 0 heterocycles. The van der Waals surface area contributed by atoms with E-state index in [-0.39, 0.29) is 23.3 Å². The molecule has 0 aliphatic rings. The van der Waals surface area contributed by atoms with Crippen molar-refractivity contribution in [1.29, 1.82) is 0 Å². The van der Waals surface area contributed by atoms with Crippen LogP contribution in [-0.2, 0) is 19.6 Å². The quantitative estimate of drug-likeness (QED) is 0.271. The smallest absolute Gasteiger partial charge is 0.311 e. The number of carbonyl (C=O) groups is 1. The largest absolute Gasteiger partial charge is 0.452 e. The van der Waals surface area contributed by atoms with Crippen molar-refractivity contribution in [2.45, 2.75) is 24.3 Å². The Hall–Kier alpha value is -3.48. The molecule has 178 valence electrons. The number of allylic oxidation sites excluding steroid dienone is 1. The fourth-order valence-corrected chi connectivity index (χ4v) is 3.50. The lowest BCUT2D eigenvalue weighted by Crippen LogP contribution is -2.27. The van der Waals surface area contributed by atoms with Gasteiger partial charge in [0.05, 0.1) is 10.8 Å². The van der Waals surface area contributed by atoms with E-state index in [9.17, 15) is 13.2 Å². The van der Waals surface area contributed by atoms with Gasteiger partial charge in [-0.25, -0.2) is 0 Å². The van der Waals surface area contributed by atoms with Gasteiger partial charge >= 0.3 is 5.97 Å². The van der Waals surface area contributed by atoms with Crippen LogP contribution in [0.1, 0.15) is 29.2 Å². The number of ether oxygens (including phenoxy) is 1. The van der Waals surface area contributed by atoms with Crippen LogP contribution in [0.4, 0.5) is 0 Å². The van der Waals surface area contributed by atoms with E-state index in [1.165, 1.54) is 12.1 Å². The summed E-state index contributed by atoms with van der Waals surface area (Å²) in [6.45, 7) is 5.58. The minimum absolute atomic E-state index is 0.0666. The maximum absolute atomic E-state index is 12.5. The summed E-state index contributed by atoms with van der Waals surface area (Å²) >= 11 is 0. The molecule has 0 saturated heterocycles. The Kier molecular flexibility index (Phi) is 10.5. The molecular formula is C27H29NO5S. The highest BCUT2D eigenvalue weighted by molar-refractivity contribution is 7.85. The van der Waals surface area contributed by atoms with Crippen molar-refractivity contribution in [2.24, 2.45) is 11.7 Å². The molecule has 3 aromatic rings. The highest BCUT2D eigenvalue weighted by Gasteiger charge is 2.24. The van der Waals surface area contributed by atoms with Gasteiger partial charge in [-0.1, -0.05) is 84.9 Å². The molecule has 0 amide bonds. The van der Waals surface area contributed by atoms with Crippen LogP contribution in [0.25, 0.3) is 0 Å². The van der Waals surface area contributed by atoms with E-state index >= 15 is 0 Å². The Morgan fingerprint density at radius 3 is 1.91 bits per heavy atom. The van der Waals surface area contributed by atoms with Crippen molar-refractivity contribution in [3.63, 3.8) is 0 Å². The number of hydrogen-bond donors (Lipinski definition) is 2. The molecule has 0 aromatic heterocycles. The lowest BCUT2D eigenvalue weighted by Gasteiger charge is -2.21. The molecule has 3 rings (SSSR count). The third-order valence-corrected chi connectivity index (χ3v) is 5.79. The summed E-state index contributed by atoms with van der Waals surface area (Å²) in [5.41, 5.74) is 11.2. The zero-order valence-corrected chi connectivity index (χ0v) is 19.8. The van der Waals surface area contributed by atoms with Gasteiger partial charge < -0.3 is 10.5 Å². The first-order valence-electron chi connectivity index (χ1n) is 10.6. The number of rotatable bonds is 8. The molecule has 0 fully saturated rings. The lowest BCUT2D eigenvalue weighted by molar-refractivity contribution is -0.152. The van der Waals surface area contributed by atoms with Gasteiger partial charge in [0.15, 0.2) is 6.10 Å². The van der Waals surface area contributed by atoms with E-state index in [4.69, 9.17) is 15.0 Å². The van der Waals surface area contributed by atoms with Crippen LogP contribution in [0.3, 0.4) is 0 Å². The van der Waals surface area contributed by atoms with Gasteiger partial charge in [-0.2, -0.15) is 8.42 Å². The summed E-state index contributed by atoms with van der Waals surface area (Å²) < 4.78 is 35.3. The fraction of sp³-hybridized carbons (Fsp3) is 0.185. The molecule has 0 aliphatic carbocycles. The number of esters is 1. The number of nitrogens with two attached hydrogens (primary N) is 1. The van der Waals surface area contributed by atoms with Gasteiger partial charge in [0.25, 0.3) is 10.1 Å². The fourth-order valence-electron chi connectivity index (χ4n) is 3.02. The van der Waals surface area contributed by atoms with Crippen LogP contribution in [0, 0.1) is 12.8 Å². The first kappa shape index (κ1) is 26.8. The highest BCUT2D eigenvalue weighted by atomic mass is 32.2. The molecule has 3 aromatic carbocycles. The molecule has 0 unspecified atom stereocenters. The van der Waals surface area contributed by atoms with Crippen molar-refractivity contribution in [1.82, 2.24) is 0 Å². The van der Waals surface area contributed by atoms with Crippen LogP contribution in [0.2, 0.25) is 0 Å². The van der Waals surface area contributed by atoms with Crippen molar-refractivity contribution in [2.75, 3.05) is 6.54 Å². The molecule has 0 bridgehead atoms. The van der Waals surface area contributed by atoms with Gasteiger partial charge in [-0.05, 0) is 42.7 Å². The molecular weight excluding hydrogens is 450 g/mol. The van der Waals surface area contributed by atoms with Gasteiger partial charge in [-0.15, -0.1) is 5.73 Å². The van der Waals surface area contributed by atoms with E-state index in [1.54, 1.807) is 18.2 Å². The van der Waals surface area contributed by atoms with Crippen molar-refractivity contribution in [3.8, 4) is 0 Å². The summed E-state index contributed by atoms with van der Waals surface area (Å²) in [5.74, 6) is -0.698. The Morgan fingerprint density at radius 1 is 1.00 bits per heavy atom. The van der Waals surface area contributed by atoms with Crippen LogP contribution in [0.5, 0.6) is 0 Å². The van der Waals surface area contributed by atoms with Crippen molar-refractivity contribution >= 4 is 16.1 Å². The average Bonchev–Trinajstić information content (AvgIpc) is 2.84. The highest BCUT2D eigenvalue weighted by Crippen LogP contribution is 2.27. The third kappa shape index (κ3) is 8.46. The molecule has 0 spiro atoms. The van der Waals surface area contributed by atoms with Crippen LogP contribution in [0.15, 0.2) is 108 Å². The predicted molar refractivity (Wildman–Crippen MR) is 133 cm³/mol. The SMILES string of the molecule is C=C=CC[C@H](CN)C(=O)OC(c1ccccc1)c1ccccc1.Cc1ccc(S(=O)(=O)O)cc1. The van der Waals surface area contributed by atoms with Gasteiger partial charge in [-0.3, -0.25) is 9.35 Å². The molecule has 0 saturated carbocycles. The second-order valence-corrected chi connectivity index (χ2v) is 8.92. The van der Waals surface area contributed by atoms with E-state index in [2.05, 4.69) is 12.3 Å². The maximum atomic E-state index is 12.5. The van der Waals surface area contributed by atoms with Gasteiger partial charge in [0.1, 0.15) is 0 Å². The normalized spacial score (nSPS) is 11.5. The first-order chi connectivity index (χ1) is 16.3. The van der Waals surface area contributed by atoms with Crippen LogP contribution >= 0.6 is 0 Å². The number of carbonyl (C=O) groups excluding carboxylic acids is 1. The van der Waals surface area contributed by atoms with E-state index < -0.39 is 16.2 Å². The summed E-state index contributed by atoms with van der Waals surface area (Å²) in [4.78, 5) is 12.4. The molecule has 0 radical (unpaired) electrons. The maximum Gasteiger partial charge on any atom is 0.311 e. The average molecular weight is 480 g/mol. The van der Waals surface area contributed by atoms with E-state index in [0.717, 1.165) is 16.7 Å². The first-order valence-corrected chi connectivity index (χ1v) is 12.1. The molecule has 0 aliphatic heterocycles. The molecule has 3 N–H and O–H groups in total. The minimum Gasteiger partial charge on any atom is -0.452 e. The Labute approximate surface area is 201 Å². The summed E-state index contributed by atoms with van der Waals surface area (Å²) in [6, 6.07) is 25.4. The predicted octanol–water partition coefficient (Wildman–Crippen LogP) is 4.87. The van der Waals surface area contributed by atoms with Gasteiger partial charge in [0, 0.05) is 6.54 Å². The summed E-state index contributed by atoms with van der Waals surface area (Å²) in [5, 5.41) is 0. The topological polar surface area (TPSA) is 107 Å².